The molecule has 5 heterocycles. The lowest BCUT2D eigenvalue weighted by Gasteiger charge is -2.41. The van der Waals surface area contributed by atoms with Crippen molar-refractivity contribution in [3.8, 4) is 17.2 Å². The molecule has 0 unspecified atom stereocenters. The van der Waals surface area contributed by atoms with E-state index >= 15 is 4.79 Å². The van der Waals surface area contributed by atoms with Gasteiger partial charge in [0.15, 0.2) is 28.1 Å². The zero-order chi connectivity index (χ0) is 75.6. The summed E-state index contributed by atoms with van der Waals surface area (Å²) in [6.45, 7) is 19.3. The molecule has 26 nitrogen and oxygen atoms in total. The van der Waals surface area contributed by atoms with Gasteiger partial charge in [-0.05, 0) is 112 Å². The molecule has 0 spiro atoms. The molecule has 1 saturated heterocycles. The number of piperidine rings is 1. The van der Waals surface area contributed by atoms with E-state index in [9.17, 15) is 48.3 Å². The monoisotopic (exact) mass is 1430 g/mol. The van der Waals surface area contributed by atoms with Gasteiger partial charge in [-0.15, -0.1) is 0 Å². The molecule has 104 heavy (non-hydrogen) atoms. The number of quaternary nitrogens is 1. The van der Waals surface area contributed by atoms with Gasteiger partial charge in [-0.3, -0.25) is 48.1 Å². The molecule has 558 valence electrons. The van der Waals surface area contributed by atoms with Gasteiger partial charge in [0.25, 0.3) is 23.5 Å². The molecule has 0 radical (unpaired) electrons. The molecule has 8 atom stereocenters. The number of aromatic nitrogens is 1. The number of carbonyl (C=O) groups excluding carboxylic acids is 9. The molecule has 8 N–H and O–H groups in total. The Morgan fingerprint density at radius 2 is 1.58 bits per heavy atom. The molecular weight excluding hydrogens is 1330 g/mol. The van der Waals surface area contributed by atoms with Crippen LogP contribution in [0.5, 0.6) is 17.2 Å². The average molecular weight is 1430 g/mol. The maximum atomic E-state index is 15.3. The third-order valence-corrected chi connectivity index (χ3v) is 20.0. The van der Waals surface area contributed by atoms with E-state index in [-0.39, 0.29) is 153 Å². The Morgan fingerprint density at radius 1 is 0.875 bits per heavy atom. The molecule has 4 bridgehead atoms. The lowest BCUT2D eigenvalue weighted by atomic mass is 9.82. The molecule has 4 aliphatic heterocycles. The lowest BCUT2D eigenvalue weighted by molar-refractivity contribution is -0.896. The number of phenolic OH excluding ortho intramolecular Hbond substituents is 1. The summed E-state index contributed by atoms with van der Waals surface area (Å²) in [6.07, 6.45) is 16.2. The number of aromatic hydroxyl groups is 1. The SMILES string of the molecule is CC(=O)O[C@@H]1[C@H](C)C/C=C/O[C@@]2(C)Oc3c(C)c(=O)c4c(O)c(c5oc6cc(N7CCC([N+](C)(C)C)CC7)cc(OCc7ccc(NC(=O)[C@H](CCCNC(N)=O)NC(=O)[C@@H](NC(=O)CCCCCN8C(=O)C=CC8=O)C(C)C)cc7)c6nc5c4c3C2=O)NC(=O)/C(C)=C\C=C\[C@H](C)C[C@@H](C)C[C@H]1C. The lowest BCUT2D eigenvalue weighted by Crippen LogP contribution is -2.54. The molecule has 4 aliphatic rings. The van der Waals surface area contributed by atoms with Crippen LogP contribution in [-0.4, -0.2) is 150 Å². The zero-order valence-corrected chi connectivity index (χ0v) is 62.0. The fourth-order valence-corrected chi connectivity index (χ4v) is 14.2. The predicted octanol–water partition coefficient (Wildman–Crippen LogP) is 10.2. The maximum Gasteiger partial charge on any atom is 0.312 e. The molecule has 8 amide bonds. The number of nitrogens with zero attached hydrogens (tertiary/aromatic N) is 4. The molecule has 0 aliphatic carbocycles. The number of primary amides is 1. The first-order valence-corrected chi connectivity index (χ1v) is 36.0. The normalized spacial score (nSPS) is 22.4. The average Bonchev–Trinajstić information content (AvgIpc) is 1.44. The smallest absolute Gasteiger partial charge is 0.312 e. The number of unbranched alkanes of at least 4 members (excludes halogenated alkanes) is 2. The number of Topliss-reactive ketones (excluding diaryl/α,β-unsaturated/α-hetero) is 1. The van der Waals surface area contributed by atoms with Gasteiger partial charge in [-0.2, -0.15) is 0 Å². The topological polar surface area (TPSA) is 347 Å². The Hall–Kier alpha value is -10.1. The summed E-state index contributed by atoms with van der Waals surface area (Å²) in [6, 6.07) is 7.91. The van der Waals surface area contributed by atoms with Crippen molar-refractivity contribution in [2.45, 2.75) is 176 Å². The van der Waals surface area contributed by atoms with Crippen LogP contribution in [0.1, 0.15) is 154 Å². The van der Waals surface area contributed by atoms with Crippen LogP contribution in [0.2, 0.25) is 0 Å². The van der Waals surface area contributed by atoms with Crippen molar-refractivity contribution >= 4 is 103 Å². The van der Waals surface area contributed by atoms with Crippen LogP contribution >= 0.6 is 0 Å². The standard InChI is InChI=1S/C78H100N10O16/c1-43(2)64(83-58(90)24-15-14-16-34-87-59(91)29-30-60(87)92)76(98)82-55(23-18-33-80-77(79)99)75(97)81-52-27-25-51(26-28-52)42-100-56-40-53(86-35-31-54(32-36-86)88(11,12)13)41-57-65(56)84-66-61-62-68(93)49(8)71-63(61)73(95)78(10,104-71)101-37-19-22-46(5)70(102-50(9)89)48(7)39-45(4)38-44(3)20-17-21-47(6)74(96)85-67(69(62)94)72(66)103-57/h17,19-21,25-30,37,40-41,43-46,48,54-55,64,70H,14-16,18,22-24,31-36,38-39,42H2,1-13H3,(H7-,79,80,81,82,83,84,85,90,93,94,95,96,97,98,99)/p+1/b20-17+,37-19+,47-21-/t44-,45+,46+,48+,55-,64-,70+,78-/m0/s1. The number of rotatable bonds is 22. The number of ether oxygens (including phenoxy) is 4. The van der Waals surface area contributed by atoms with Crippen LogP contribution in [0.15, 0.2) is 93.9 Å². The number of hydrogen-bond acceptors (Lipinski definition) is 18. The number of amides is 8. The van der Waals surface area contributed by atoms with E-state index in [2.05, 4.69) is 73.4 Å². The Kier molecular flexibility index (Phi) is 25.2. The highest BCUT2D eigenvalue weighted by atomic mass is 16.7. The number of carbonyl (C=O) groups is 9. The molecule has 0 saturated carbocycles. The molecule has 1 aromatic heterocycles. The maximum absolute atomic E-state index is 15.3. The minimum absolute atomic E-state index is 0.0105. The number of nitrogens with one attached hydrogen (secondary N) is 5. The van der Waals surface area contributed by atoms with Gasteiger partial charge in [0, 0.05) is 111 Å². The van der Waals surface area contributed by atoms with Crippen LogP contribution in [0.3, 0.4) is 0 Å². The number of esters is 1. The number of phenols is 1. The van der Waals surface area contributed by atoms with E-state index in [4.69, 9.17) is 34.1 Å². The quantitative estimate of drug-likeness (QED) is 0.00644. The first kappa shape index (κ1) is 78.0. The molecular formula is C78H101N10O16+. The van der Waals surface area contributed by atoms with Crippen molar-refractivity contribution < 1.29 is 76.1 Å². The fraction of sp³-hybridized carbons (Fsp3) is 0.500. The Balaban J connectivity index is 1.05. The van der Waals surface area contributed by atoms with Gasteiger partial charge in [0.1, 0.15) is 47.3 Å². The first-order chi connectivity index (χ1) is 49.2. The van der Waals surface area contributed by atoms with Crippen LogP contribution in [0, 0.1) is 36.5 Å². The third kappa shape index (κ3) is 18.6. The number of imide groups is 1. The Labute approximate surface area is 606 Å². The Morgan fingerprint density at radius 3 is 2.24 bits per heavy atom. The van der Waals surface area contributed by atoms with Crippen molar-refractivity contribution in [2.24, 2.45) is 35.3 Å². The van der Waals surface area contributed by atoms with Gasteiger partial charge in [0.05, 0.1) is 44.4 Å². The van der Waals surface area contributed by atoms with Crippen molar-refractivity contribution in [3.05, 3.63) is 112 Å². The van der Waals surface area contributed by atoms with E-state index in [1.165, 1.54) is 39.2 Å². The predicted molar refractivity (Wildman–Crippen MR) is 395 cm³/mol. The highest BCUT2D eigenvalue weighted by Crippen LogP contribution is 2.49. The van der Waals surface area contributed by atoms with Crippen molar-refractivity contribution in [1.29, 1.82) is 0 Å². The van der Waals surface area contributed by atoms with E-state index in [1.54, 1.807) is 69.3 Å². The second kappa shape index (κ2) is 33.6. The minimum atomic E-state index is -2.04. The first-order valence-electron chi connectivity index (χ1n) is 36.0. The molecule has 1 fully saturated rings. The number of ketones is 1. The van der Waals surface area contributed by atoms with Crippen LogP contribution in [0.25, 0.3) is 33.0 Å². The second-order valence-electron chi connectivity index (χ2n) is 29.8. The second-order valence-corrected chi connectivity index (χ2v) is 29.8. The minimum Gasteiger partial charge on any atom is -0.505 e. The number of anilines is 3. The molecule has 9 rings (SSSR count). The fourth-order valence-electron chi connectivity index (χ4n) is 14.2. The summed E-state index contributed by atoms with van der Waals surface area (Å²) in [4.78, 5) is 143. The largest absolute Gasteiger partial charge is 0.505 e. The summed E-state index contributed by atoms with van der Waals surface area (Å²) in [5.41, 5.74) is 6.20. The zero-order valence-electron chi connectivity index (χ0n) is 62.0. The van der Waals surface area contributed by atoms with Crippen LogP contribution in [-0.2, 0) is 49.6 Å². The number of fused-ring (bicyclic) bond motifs is 2. The van der Waals surface area contributed by atoms with E-state index in [0.717, 1.165) is 35.1 Å². The van der Waals surface area contributed by atoms with Crippen molar-refractivity contribution in [3.63, 3.8) is 0 Å². The summed E-state index contributed by atoms with van der Waals surface area (Å²) in [5.74, 6) is -6.88. The highest BCUT2D eigenvalue weighted by molar-refractivity contribution is 6.26. The highest BCUT2D eigenvalue weighted by Gasteiger charge is 2.50. The van der Waals surface area contributed by atoms with E-state index < -0.39 is 70.7 Å². The molecule has 4 aromatic carbocycles. The summed E-state index contributed by atoms with van der Waals surface area (Å²) in [5, 5.41) is 26.0. The van der Waals surface area contributed by atoms with Gasteiger partial charge >= 0.3 is 17.8 Å². The van der Waals surface area contributed by atoms with Gasteiger partial charge < -0.3 is 70.2 Å². The van der Waals surface area contributed by atoms with Crippen molar-refractivity contribution in [2.75, 3.05) is 62.9 Å². The number of allylic oxidation sites excluding steroid dienone is 4. The van der Waals surface area contributed by atoms with Crippen LogP contribution in [0.4, 0.5) is 21.9 Å². The van der Waals surface area contributed by atoms with Gasteiger partial charge in [-0.1, -0.05) is 78.3 Å². The number of hydrogen-bond donors (Lipinski definition) is 7. The van der Waals surface area contributed by atoms with Crippen molar-refractivity contribution in [1.82, 2.24) is 25.8 Å². The van der Waals surface area contributed by atoms with Gasteiger partial charge in [0.2, 0.25) is 17.7 Å². The molecule has 5 aromatic rings. The summed E-state index contributed by atoms with van der Waals surface area (Å²) >= 11 is 0. The summed E-state index contributed by atoms with van der Waals surface area (Å²) < 4.78 is 33.1. The number of nitrogens with two attached hydrogens (primary N) is 1. The van der Waals surface area contributed by atoms with E-state index in [1.807, 2.05) is 19.1 Å². The number of urea groups is 1. The van der Waals surface area contributed by atoms with E-state index in [0.29, 0.717) is 61.8 Å². The van der Waals surface area contributed by atoms with Gasteiger partial charge in [-0.25, -0.2) is 9.78 Å². The molecule has 26 heteroatoms. The third-order valence-electron chi connectivity index (χ3n) is 20.0. The Bertz CT molecular complexity index is 4300. The number of benzene rings is 4. The summed E-state index contributed by atoms with van der Waals surface area (Å²) in [7, 11) is 6.52. The van der Waals surface area contributed by atoms with Crippen LogP contribution < -0.4 is 52.1 Å².